The summed E-state index contributed by atoms with van der Waals surface area (Å²) in [5.74, 6) is 0. The van der Waals surface area contributed by atoms with Crippen molar-refractivity contribution in [3.05, 3.63) is 168 Å². The van der Waals surface area contributed by atoms with E-state index in [0.717, 1.165) is 0 Å². The van der Waals surface area contributed by atoms with Crippen LogP contribution in [0.4, 0.5) is 34.1 Å². The van der Waals surface area contributed by atoms with Gasteiger partial charge in [0.2, 0.25) is 13.4 Å². The lowest BCUT2D eigenvalue weighted by Crippen LogP contribution is -2.57. The summed E-state index contributed by atoms with van der Waals surface area (Å²) in [5.41, 5.74) is 23.7. The molecule has 55 heavy (non-hydrogen) atoms. The maximum atomic E-state index is 4.15. The fourth-order valence-electron chi connectivity index (χ4n) is 9.96. The van der Waals surface area contributed by atoms with Crippen molar-refractivity contribution in [3.8, 4) is 11.1 Å². The summed E-state index contributed by atoms with van der Waals surface area (Å²) in [6.07, 6.45) is 6.49. The first-order valence-corrected chi connectivity index (χ1v) is 19.8. The zero-order valence-corrected chi connectivity index (χ0v) is 33.0. The van der Waals surface area contributed by atoms with Crippen molar-refractivity contribution in [2.45, 2.75) is 59.3 Å². The Morgan fingerprint density at radius 1 is 0.509 bits per heavy atom. The molecule has 4 aliphatic rings. The summed E-state index contributed by atoms with van der Waals surface area (Å²) in [4.78, 5) is 5.10. The minimum absolute atomic E-state index is 0.0667. The molecular formula is C51H46B2N2. The molecule has 10 rings (SSSR count). The topological polar surface area (TPSA) is 6.48 Å². The first-order valence-electron chi connectivity index (χ1n) is 19.8. The molecule has 6 aromatic carbocycles. The lowest BCUT2D eigenvalue weighted by Gasteiger charge is -2.41. The minimum Gasteiger partial charge on any atom is -0.312 e. The van der Waals surface area contributed by atoms with Gasteiger partial charge in [0.1, 0.15) is 0 Å². The first-order chi connectivity index (χ1) is 26.5. The average Bonchev–Trinajstić information content (AvgIpc) is 3.69. The Labute approximate surface area is 327 Å². The highest BCUT2D eigenvalue weighted by Gasteiger charge is 2.47. The van der Waals surface area contributed by atoms with Crippen LogP contribution in [0.15, 0.2) is 152 Å². The van der Waals surface area contributed by atoms with Crippen LogP contribution in [0.5, 0.6) is 0 Å². The molecule has 4 heteroatoms. The Kier molecular flexibility index (Phi) is 7.30. The van der Waals surface area contributed by atoms with E-state index in [-0.39, 0.29) is 24.3 Å². The fourth-order valence-corrected chi connectivity index (χ4v) is 9.96. The van der Waals surface area contributed by atoms with Crippen LogP contribution in [-0.4, -0.2) is 13.4 Å². The summed E-state index contributed by atoms with van der Waals surface area (Å²) in [5, 5.41) is 0. The number of hydrogen-bond acceptors (Lipinski definition) is 2. The van der Waals surface area contributed by atoms with Crippen LogP contribution in [0.1, 0.15) is 65.2 Å². The Morgan fingerprint density at radius 2 is 1.00 bits per heavy atom. The number of fused-ring (bicyclic) bond motifs is 7. The highest BCUT2D eigenvalue weighted by atomic mass is 15.2. The van der Waals surface area contributed by atoms with Crippen LogP contribution in [-0.2, 0) is 10.8 Å². The van der Waals surface area contributed by atoms with Crippen molar-refractivity contribution < 1.29 is 0 Å². The highest BCUT2D eigenvalue weighted by molar-refractivity contribution is 7.02. The Balaban J connectivity index is 1.29. The summed E-state index contributed by atoms with van der Waals surface area (Å²) in [6, 6.07) is 46.6. The molecule has 2 nitrogen and oxygen atoms in total. The number of hydrogen-bond donors (Lipinski definition) is 0. The van der Waals surface area contributed by atoms with E-state index >= 15 is 0 Å². The van der Waals surface area contributed by atoms with Crippen LogP contribution < -0.4 is 37.1 Å². The van der Waals surface area contributed by atoms with Gasteiger partial charge in [-0.2, -0.15) is 0 Å². The summed E-state index contributed by atoms with van der Waals surface area (Å²) in [6.45, 7) is 20.3. The van der Waals surface area contributed by atoms with Crippen LogP contribution in [0, 0.1) is 0 Å². The van der Waals surface area contributed by atoms with Gasteiger partial charge in [0.05, 0.1) is 0 Å². The number of nitrogens with zero attached hydrogens (tertiary/aromatic N) is 2. The second-order valence-corrected chi connectivity index (χ2v) is 17.7. The van der Waals surface area contributed by atoms with Crippen molar-refractivity contribution >= 4 is 80.4 Å². The molecule has 0 spiro atoms. The summed E-state index contributed by atoms with van der Waals surface area (Å²) < 4.78 is 0. The Morgan fingerprint density at radius 3 is 1.53 bits per heavy atom. The first kappa shape index (κ1) is 33.8. The maximum absolute atomic E-state index is 4.15. The van der Waals surface area contributed by atoms with E-state index in [4.69, 9.17) is 0 Å². The molecule has 0 N–H and O–H groups in total. The minimum atomic E-state index is 0.0667. The number of anilines is 6. The van der Waals surface area contributed by atoms with Gasteiger partial charge in [-0.1, -0.05) is 150 Å². The lowest BCUT2D eigenvalue weighted by atomic mass is 9.34. The third kappa shape index (κ3) is 4.83. The molecule has 0 saturated carbocycles. The Hall–Kier alpha value is -5.73. The molecule has 4 aliphatic heterocycles. The Bertz CT molecular complexity index is 2650. The zero-order valence-electron chi connectivity index (χ0n) is 33.0. The van der Waals surface area contributed by atoms with E-state index in [2.05, 4.69) is 198 Å². The van der Waals surface area contributed by atoms with Crippen molar-refractivity contribution in [1.82, 2.24) is 0 Å². The average molecular weight is 709 g/mol. The van der Waals surface area contributed by atoms with Gasteiger partial charge in [0.25, 0.3) is 0 Å². The number of allylic oxidation sites excluding steroid dienone is 5. The van der Waals surface area contributed by atoms with Gasteiger partial charge in [-0.25, -0.2) is 0 Å². The van der Waals surface area contributed by atoms with Crippen LogP contribution >= 0.6 is 0 Å². The van der Waals surface area contributed by atoms with E-state index in [0.29, 0.717) is 0 Å². The van der Waals surface area contributed by atoms with Crippen molar-refractivity contribution in [3.63, 3.8) is 0 Å². The molecule has 0 aliphatic carbocycles. The molecular weight excluding hydrogens is 662 g/mol. The molecule has 0 unspecified atom stereocenters. The highest BCUT2D eigenvalue weighted by Crippen LogP contribution is 2.47. The van der Waals surface area contributed by atoms with Crippen molar-refractivity contribution in [1.29, 1.82) is 0 Å². The van der Waals surface area contributed by atoms with Crippen LogP contribution in [0.2, 0.25) is 0 Å². The van der Waals surface area contributed by atoms with Gasteiger partial charge in [-0.3, -0.25) is 0 Å². The largest absolute Gasteiger partial charge is 0.312 e. The predicted molar refractivity (Wildman–Crippen MR) is 240 cm³/mol. The third-order valence-corrected chi connectivity index (χ3v) is 12.6. The van der Waals surface area contributed by atoms with Crippen LogP contribution in [0.3, 0.4) is 0 Å². The molecule has 0 bridgehead atoms. The van der Waals surface area contributed by atoms with Crippen molar-refractivity contribution in [2.24, 2.45) is 0 Å². The SMILES string of the molecule is C=C/C=C1\C(=C/C)B2c3cc4c(cc3N(c3ccc(C(C)(C)C)cc3)c3cccc1c32)B1c2ccccc2-c2cccc(c21)N4c1ccc(C(C)(C)C)cc1. The van der Waals surface area contributed by atoms with E-state index < -0.39 is 0 Å². The van der Waals surface area contributed by atoms with Gasteiger partial charge in [0.15, 0.2) is 0 Å². The van der Waals surface area contributed by atoms with E-state index in [1.54, 1.807) is 0 Å². The van der Waals surface area contributed by atoms with Gasteiger partial charge in [0, 0.05) is 34.1 Å². The molecule has 4 heterocycles. The standard InChI is InChI=1S/C51H46B2N2/c1-9-15-36-38-17-13-20-44-48(38)52(40(36)10-2)42-30-47-43(31-46(42)54(44)34-26-22-32(23-27-34)50(3,4)5)53-41-19-12-11-16-37(41)39-18-14-21-45(49(39)53)55(47)35-28-24-33(25-29-35)51(6,7)8/h9-31H,1H2,2-8H3/b36-15-,40-10+. The molecule has 0 radical (unpaired) electrons. The summed E-state index contributed by atoms with van der Waals surface area (Å²) in [7, 11) is 0. The smallest absolute Gasteiger partial charge is 0.248 e. The van der Waals surface area contributed by atoms with E-state index in [1.807, 2.05) is 6.08 Å². The van der Waals surface area contributed by atoms with Gasteiger partial charge < -0.3 is 9.80 Å². The molecule has 0 saturated heterocycles. The molecule has 6 aromatic rings. The molecule has 0 fully saturated rings. The van der Waals surface area contributed by atoms with Gasteiger partial charge >= 0.3 is 0 Å². The second kappa shape index (κ2) is 11.9. The van der Waals surface area contributed by atoms with E-state index in [9.17, 15) is 0 Å². The fraction of sp³-hybridized carbons (Fsp3) is 0.176. The van der Waals surface area contributed by atoms with Crippen molar-refractivity contribution in [2.75, 3.05) is 9.80 Å². The lowest BCUT2D eigenvalue weighted by molar-refractivity contribution is 0.590. The van der Waals surface area contributed by atoms with Gasteiger partial charge in [-0.05, 0) is 122 Å². The molecule has 266 valence electrons. The third-order valence-electron chi connectivity index (χ3n) is 12.6. The number of benzene rings is 6. The zero-order chi connectivity index (χ0) is 38.0. The van der Waals surface area contributed by atoms with E-state index in [1.165, 1.54) is 100 Å². The monoisotopic (exact) mass is 708 g/mol. The molecule has 0 atom stereocenters. The second-order valence-electron chi connectivity index (χ2n) is 17.7. The molecule has 0 amide bonds. The maximum Gasteiger partial charge on any atom is 0.248 e. The number of rotatable bonds is 3. The quantitative estimate of drug-likeness (QED) is 0.169. The normalized spacial score (nSPS) is 16.3. The van der Waals surface area contributed by atoms with Crippen LogP contribution in [0.25, 0.3) is 16.7 Å². The molecule has 0 aromatic heterocycles. The summed E-state index contributed by atoms with van der Waals surface area (Å²) >= 11 is 0. The predicted octanol–water partition coefficient (Wildman–Crippen LogP) is 10.0. The van der Waals surface area contributed by atoms with Gasteiger partial charge in [-0.15, -0.1) is 0 Å².